The number of nitrogens with zero attached hydrogens (tertiary/aromatic N) is 2. The van der Waals surface area contributed by atoms with Gasteiger partial charge < -0.3 is 5.11 Å². The molecule has 7 nitrogen and oxygen atoms in total. The van der Waals surface area contributed by atoms with Crippen molar-refractivity contribution in [2.45, 2.75) is 43.0 Å². The van der Waals surface area contributed by atoms with Crippen LogP contribution in [0.5, 0.6) is 0 Å². The highest BCUT2D eigenvalue weighted by Gasteiger charge is 2.19. The smallest absolute Gasteiger partial charge is 0.335 e. The third kappa shape index (κ3) is 3.59. The number of carbonyl (C=O) groups is 1. The molecule has 1 aromatic heterocycles. The standard InChI is InChI=1S/C16H19N3O4S/c20-16(21)12-6-8-14(9-7-12)24(22,23)18-15-10-11-19(17-15)13-4-2-1-3-5-13/h6-11,13H,1-5H2,(H,17,18)(H,20,21). The molecule has 0 aliphatic heterocycles. The average molecular weight is 349 g/mol. The van der Waals surface area contributed by atoms with Gasteiger partial charge in [0.2, 0.25) is 0 Å². The molecule has 1 aromatic carbocycles. The van der Waals surface area contributed by atoms with Crippen LogP contribution in [0.3, 0.4) is 0 Å². The van der Waals surface area contributed by atoms with Crippen molar-refractivity contribution in [1.29, 1.82) is 0 Å². The Kier molecular flexibility index (Phi) is 4.57. The van der Waals surface area contributed by atoms with Gasteiger partial charge in [0, 0.05) is 12.3 Å². The molecular weight excluding hydrogens is 330 g/mol. The number of anilines is 1. The molecule has 2 aromatic rings. The van der Waals surface area contributed by atoms with Crippen molar-refractivity contribution in [3.05, 3.63) is 42.1 Å². The third-order valence-corrected chi connectivity index (χ3v) is 5.58. The molecule has 0 saturated heterocycles. The number of aromatic carboxylic acids is 1. The maximum absolute atomic E-state index is 12.4. The molecule has 3 rings (SSSR count). The summed E-state index contributed by atoms with van der Waals surface area (Å²) in [6, 6.07) is 7.02. The SMILES string of the molecule is O=C(O)c1ccc(S(=O)(=O)Nc2ccn(C3CCCCC3)n2)cc1. The normalized spacial score (nSPS) is 16.0. The minimum atomic E-state index is -3.79. The molecule has 2 N–H and O–H groups in total. The first-order valence-corrected chi connectivity index (χ1v) is 9.35. The topological polar surface area (TPSA) is 101 Å². The molecule has 0 amide bonds. The summed E-state index contributed by atoms with van der Waals surface area (Å²) < 4.78 is 29.0. The van der Waals surface area contributed by atoms with Gasteiger partial charge in [-0.25, -0.2) is 13.2 Å². The van der Waals surface area contributed by atoms with Gasteiger partial charge in [0.05, 0.1) is 16.5 Å². The van der Waals surface area contributed by atoms with Gasteiger partial charge in [0.15, 0.2) is 5.82 Å². The Morgan fingerprint density at radius 2 is 1.79 bits per heavy atom. The van der Waals surface area contributed by atoms with Crippen LogP contribution < -0.4 is 4.72 Å². The first-order valence-electron chi connectivity index (χ1n) is 7.87. The highest BCUT2D eigenvalue weighted by atomic mass is 32.2. The minimum absolute atomic E-state index is 0.000263. The fourth-order valence-electron chi connectivity index (χ4n) is 2.91. The van der Waals surface area contributed by atoms with E-state index >= 15 is 0 Å². The molecule has 0 atom stereocenters. The summed E-state index contributed by atoms with van der Waals surface area (Å²) in [6.07, 6.45) is 7.49. The lowest BCUT2D eigenvalue weighted by molar-refractivity contribution is 0.0696. The van der Waals surface area contributed by atoms with Gasteiger partial charge in [-0.1, -0.05) is 19.3 Å². The zero-order chi connectivity index (χ0) is 17.2. The second-order valence-electron chi connectivity index (χ2n) is 5.91. The van der Waals surface area contributed by atoms with Crippen LogP contribution in [0.4, 0.5) is 5.82 Å². The van der Waals surface area contributed by atoms with E-state index in [1.807, 2.05) is 4.68 Å². The number of carboxylic acids is 1. The summed E-state index contributed by atoms with van der Waals surface area (Å²) >= 11 is 0. The number of aromatic nitrogens is 2. The van der Waals surface area contributed by atoms with E-state index in [0.29, 0.717) is 6.04 Å². The summed E-state index contributed by atoms with van der Waals surface area (Å²) in [5.74, 6) is -0.832. The molecule has 128 valence electrons. The van der Waals surface area contributed by atoms with Crippen LogP contribution in [0.15, 0.2) is 41.4 Å². The zero-order valence-corrected chi connectivity index (χ0v) is 13.9. The van der Waals surface area contributed by atoms with Crippen molar-refractivity contribution in [1.82, 2.24) is 9.78 Å². The molecule has 1 saturated carbocycles. The van der Waals surface area contributed by atoms with Crippen LogP contribution in [0.2, 0.25) is 0 Å². The second-order valence-corrected chi connectivity index (χ2v) is 7.59. The number of sulfonamides is 1. The van der Waals surface area contributed by atoms with Crippen molar-refractivity contribution in [2.75, 3.05) is 4.72 Å². The Hall–Kier alpha value is -2.35. The Morgan fingerprint density at radius 1 is 1.12 bits per heavy atom. The van der Waals surface area contributed by atoms with Crippen molar-refractivity contribution < 1.29 is 18.3 Å². The highest BCUT2D eigenvalue weighted by molar-refractivity contribution is 7.92. The number of hydrogen-bond donors (Lipinski definition) is 2. The van der Waals surface area contributed by atoms with E-state index in [1.165, 1.54) is 43.5 Å². The molecule has 8 heteroatoms. The fourth-order valence-corrected chi connectivity index (χ4v) is 3.91. The average Bonchev–Trinajstić information content (AvgIpc) is 3.03. The molecule has 24 heavy (non-hydrogen) atoms. The van der Waals surface area contributed by atoms with E-state index in [0.717, 1.165) is 12.8 Å². The van der Waals surface area contributed by atoms with Crippen LogP contribution in [0.25, 0.3) is 0 Å². The van der Waals surface area contributed by atoms with Crippen molar-refractivity contribution in [3.8, 4) is 0 Å². The van der Waals surface area contributed by atoms with Crippen LogP contribution in [-0.2, 0) is 10.0 Å². The van der Waals surface area contributed by atoms with E-state index in [9.17, 15) is 13.2 Å². The van der Waals surface area contributed by atoms with Crippen LogP contribution >= 0.6 is 0 Å². The predicted octanol–water partition coefficient (Wildman–Crippen LogP) is 2.89. The lowest BCUT2D eigenvalue weighted by atomic mass is 9.96. The maximum atomic E-state index is 12.4. The lowest BCUT2D eigenvalue weighted by Gasteiger charge is -2.21. The molecule has 0 radical (unpaired) electrons. The minimum Gasteiger partial charge on any atom is -0.478 e. The Labute approximate surface area is 140 Å². The monoisotopic (exact) mass is 349 g/mol. The van der Waals surface area contributed by atoms with E-state index < -0.39 is 16.0 Å². The van der Waals surface area contributed by atoms with Gasteiger partial charge >= 0.3 is 5.97 Å². The molecule has 1 fully saturated rings. The molecule has 0 unspecified atom stereocenters. The van der Waals surface area contributed by atoms with Gasteiger partial charge in [0.1, 0.15) is 0 Å². The third-order valence-electron chi connectivity index (χ3n) is 4.21. The Bertz CT molecular complexity index is 821. The first kappa shape index (κ1) is 16.5. The summed E-state index contributed by atoms with van der Waals surface area (Å²) in [4.78, 5) is 10.8. The zero-order valence-electron chi connectivity index (χ0n) is 13.1. The quantitative estimate of drug-likeness (QED) is 0.864. The van der Waals surface area contributed by atoms with Crippen molar-refractivity contribution in [2.24, 2.45) is 0 Å². The predicted molar refractivity (Wildman–Crippen MR) is 88.6 cm³/mol. The first-order chi connectivity index (χ1) is 11.5. The fraction of sp³-hybridized carbons (Fsp3) is 0.375. The molecule has 1 aliphatic carbocycles. The maximum Gasteiger partial charge on any atom is 0.335 e. The summed E-state index contributed by atoms with van der Waals surface area (Å²) in [5, 5.41) is 13.2. The summed E-state index contributed by atoms with van der Waals surface area (Å²) in [7, 11) is -3.79. The van der Waals surface area contributed by atoms with Gasteiger partial charge in [-0.2, -0.15) is 5.10 Å². The van der Waals surface area contributed by atoms with Crippen molar-refractivity contribution >= 4 is 21.8 Å². The van der Waals surface area contributed by atoms with Gasteiger partial charge in [-0.15, -0.1) is 0 Å². The largest absolute Gasteiger partial charge is 0.478 e. The number of benzene rings is 1. The Morgan fingerprint density at radius 3 is 2.42 bits per heavy atom. The number of nitrogens with one attached hydrogen (secondary N) is 1. The molecule has 1 heterocycles. The highest BCUT2D eigenvalue weighted by Crippen LogP contribution is 2.28. The number of hydrogen-bond acceptors (Lipinski definition) is 4. The molecule has 1 aliphatic rings. The van der Waals surface area contributed by atoms with Crippen LogP contribution in [-0.4, -0.2) is 29.3 Å². The van der Waals surface area contributed by atoms with E-state index in [2.05, 4.69) is 9.82 Å². The molecule has 0 spiro atoms. The summed E-state index contributed by atoms with van der Waals surface area (Å²) in [5.41, 5.74) is 0.0375. The number of carboxylic acid groups (broad SMARTS) is 1. The van der Waals surface area contributed by atoms with Crippen LogP contribution in [0.1, 0.15) is 48.5 Å². The van der Waals surface area contributed by atoms with Gasteiger partial charge in [-0.05, 0) is 37.1 Å². The second kappa shape index (κ2) is 6.64. The van der Waals surface area contributed by atoms with Gasteiger partial charge in [-0.3, -0.25) is 9.40 Å². The summed E-state index contributed by atoms with van der Waals surface area (Å²) in [6.45, 7) is 0. The van der Waals surface area contributed by atoms with E-state index in [1.54, 1.807) is 12.3 Å². The molecule has 0 bridgehead atoms. The van der Waals surface area contributed by atoms with Gasteiger partial charge in [0.25, 0.3) is 10.0 Å². The van der Waals surface area contributed by atoms with Crippen molar-refractivity contribution in [3.63, 3.8) is 0 Å². The lowest BCUT2D eigenvalue weighted by Crippen LogP contribution is -2.16. The van der Waals surface area contributed by atoms with E-state index in [-0.39, 0.29) is 16.3 Å². The Balaban J connectivity index is 1.74. The van der Waals surface area contributed by atoms with Crippen LogP contribution in [0, 0.1) is 0 Å². The van der Waals surface area contributed by atoms with E-state index in [4.69, 9.17) is 5.11 Å². The molecular formula is C16H19N3O4S. The number of rotatable bonds is 5.